The molecule has 170 valence electrons. The van der Waals surface area contributed by atoms with Crippen molar-refractivity contribution in [1.29, 1.82) is 0 Å². The van der Waals surface area contributed by atoms with Crippen LogP contribution in [0, 0.1) is 28.9 Å². The number of nitrogens with one attached hydrogen (secondary N) is 2. The Bertz CT molecular complexity index is 1220. The normalized spacial score (nSPS) is 27.8. The summed E-state index contributed by atoms with van der Waals surface area (Å²) in [5.74, 6) is -2.25. The van der Waals surface area contributed by atoms with Crippen LogP contribution < -0.4 is 15.5 Å². The summed E-state index contributed by atoms with van der Waals surface area (Å²) in [5.41, 5.74) is 0.463. The van der Waals surface area contributed by atoms with Gasteiger partial charge in [-0.1, -0.05) is 24.3 Å². The molecule has 0 unspecified atom stereocenters. The van der Waals surface area contributed by atoms with Crippen LogP contribution in [0.15, 0.2) is 42.5 Å². The van der Waals surface area contributed by atoms with Crippen LogP contribution in [0.2, 0.25) is 0 Å². The van der Waals surface area contributed by atoms with Crippen LogP contribution >= 0.6 is 11.8 Å². The van der Waals surface area contributed by atoms with Gasteiger partial charge < -0.3 is 5.32 Å². The molecule has 33 heavy (non-hydrogen) atoms. The maximum atomic E-state index is 13.9. The van der Waals surface area contributed by atoms with E-state index in [-0.39, 0.29) is 23.3 Å². The topological polar surface area (TPSA) is 122 Å². The Balaban J connectivity index is 1.66. The fourth-order valence-corrected chi connectivity index (χ4v) is 5.93. The summed E-state index contributed by atoms with van der Waals surface area (Å²) in [6, 6.07) is 10.9. The lowest BCUT2D eigenvalue weighted by Gasteiger charge is -2.29. The van der Waals surface area contributed by atoms with Gasteiger partial charge in [-0.2, -0.15) is 11.8 Å². The summed E-state index contributed by atoms with van der Waals surface area (Å²) in [6.07, 6.45) is 2.56. The lowest BCUT2D eigenvalue weighted by molar-refractivity contribution is -0.384. The smallest absolute Gasteiger partial charge is 0.271 e. The zero-order chi connectivity index (χ0) is 23.5. The molecule has 2 aromatic rings. The molecule has 0 bridgehead atoms. The molecule has 2 saturated heterocycles. The number of hydrogen-bond acceptors (Lipinski definition) is 7. The molecular weight excluding hydrogens is 444 g/mol. The molecule has 0 saturated carbocycles. The van der Waals surface area contributed by atoms with E-state index >= 15 is 0 Å². The molecule has 2 N–H and O–H groups in total. The van der Waals surface area contributed by atoms with E-state index in [1.165, 1.54) is 18.2 Å². The Labute approximate surface area is 194 Å². The molecule has 3 amide bonds. The second kappa shape index (κ2) is 7.67. The van der Waals surface area contributed by atoms with Crippen molar-refractivity contribution < 1.29 is 19.3 Å². The fourth-order valence-electron chi connectivity index (χ4n) is 5.44. The number of aryl methyl sites for hydroxylation is 1. The fraction of sp³-hybridized carbons (Fsp3) is 0.348. The number of para-hydroxylation sites is 1. The number of imide groups is 1. The largest absolute Gasteiger partial charge is 0.324 e. The number of amides is 3. The highest BCUT2D eigenvalue weighted by atomic mass is 32.2. The molecule has 2 fully saturated rings. The van der Waals surface area contributed by atoms with E-state index in [2.05, 4.69) is 10.6 Å². The van der Waals surface area contributed by atoms with Gasteiger partial charge in [0, 0.05) is 29.4 Å². The minimum Gasteiger partial charge on any atom is -0.324 e. The van der Waals surface area contributed by atoms with Crippen LogP contribution in [-0.4, -0.2) is 40.7 Å². The lowest BCUT2D eigenvalue weighted by Crippen LogP contribution is -2.53. The van der Waals surface area contributed by atoms with Crippen LogP contribution in [0.4, 0.5) is 17.1 Å². The van der Waals surface area contributed by atoms with Crippen molar-refractivity contribution in [2.24, 2.45) is 11.8 Å². The maximum absolute atomic E-state index is 13.9. The van der Waals surface area contributed by atoms with Crippen LogP contribution in [0.1, 0.15) is 17.5 Å². The van der Waals surface area contributed by atoms with Gasteiger partial charge in [0.15, 0.2) is 0 Å². The van der Waals surface area contributed by atoms with Gasteiger partial charge >= 0.3 is 0 Å². The average molecular weight is 467 g/mol. The summed E-state index contributed by atoms with van der Waals surface area (Å²) in [7, 11) is 0. The molecule has 10 heteroatoms. The highest BCUT2D eigenvalue weighted by Crippen LogP contribution is 2.54. The quantitative estimate of drug-likeness (QED) is 0.395. The standard InChI is InChI=1S/C23H22N4O5S/c1-12-7-8-13(27(31)32)11-17(12)26-20(28)18-16(9-10-33-2)25-23(19(18)21(26)29)14-5-3-4-6-15(14)24-22(23)30/h3-8,11,16,18-19,25H,9-10H2,1-2H3,(H,24,30)/t16-,18-,19+,23+/m1/s1. The zero-order valence-corrected chi connectivity index (χ0v) is 18.8. The van der Waals surface area contributed by atoms with Crippen molar-refractivity contribution in [1.82, 2.24) is 5.32 Å². The second-order valence-corrected chi connectivity index (χ2v) is 9.57. The van der Waals surface area contributed by atoms with Gasteiger partial charge in [-0.3, -0.25) is 29.8 Å². The number of nitrogens with zero attached hydrogens (tertiary/aromatic N) is 2. The molecule has 3 heterocycles. The third kappa shape index (κ3) is 2.94. The van der Waals surface area contributed by atoms with Crippen LogP contribution in [-0.2, 0) is 19.9 Å². The Kier molecular flexibility index (Phi) is 5.02. The highest BCUT2D eigenvalue weighted by Gasteiger charge is 2.70. The molecule has 0 radical (unpaired) electrons. The van der Waals surface area contributed by atoms with Gasteiger partial charge in [0.2, 0.25) is 17.7 Å². The van der Waals surface area contributed by atoms with E-state index in [9.17, 15) is 24.5 Å². The molecule has 5 rings (SSSR count). The van der Waals surface area contributed by atoms with E-state index in [4.69, 9.17) is 0 Å². The number of benzene rings is 2. The number of nitro benzene ring substituents is 1. The SMILES string of the molecule is CSCC[C@H]1N[C@]2(C(=O)Nc3ccccc32)[C@@H]2C(=O)N(c3cc([N+](=O)[O-])ccc3C)C(=O)[C@@H]21. The Morgan fingerprint density at radius 3 is 2.64 bits per heavy atom. The monoisotopic (exact) mass is 466 g/mol. The number of anilines is 2. The third-order valence-electron chi connectivity index (χ3n) is 6.90. The summed E-state index contributed by atoms with van der Waals surface area (Å²) in [6.45, 7) is 1.70. The lowest BCUT2D eigenvalue weighted by atomic mass is 9.76. The number of nitro groups is 1. The van der Waals surface area contributed by atoms with Gasteiger partial charge in [0.25, 0.3) is 5.69 Å². The van der Waals surface area contributed by atoms with E-state index in [0.29, 0.717) is 23.2 Å². The first kappa shape index (κ1) is 21.6. The number of non-ortho nitro benzene ring substituents is 1. The van der Waals surface area contributed by atoms with E-state index in [1.54, 1.807) is 43.0 Å². The van der Waals surface area contributed by atoms with Gasteiger partial charge in [0.05, 0.1) is 22.4 Å². The number of rotatable bonds is 5. The Morgan fingerprint density at radius 2 is 1.91 bits per heavy atom. The molecule has 2 aromatic carbocycles. The molecular formula is C23H22N4O5S. The first-order valence-corrected chi connectivity index (χ1v) is 12.0. The van der Waals surface area contributed by atoms with Gasteiger partial charge in [-0.15, -0.1) is 0 Å². The van der Waals surface area contributed by atoms with Crippen molar-refractivity contribution in [3.8, 4) is 0 Å². The molecule has 1 spiro atoms. The number of thioether (sulfide) groups is 1. The van der Waals surface area contributed by atoms with Crippen molar-refractivity contribution in [3.63, 3.8) is 0 Å². The Morgan fingerprint density at radius 1 is 1.15 bits per heavy atom. The predicted octanol–water partition coefficient (Wildman–Crippen LogP) is 2.58. The third-order valence-corrected chi connectivity index (χ3v) is 7.54. The van der Waals surface area contributed by atoms with Crippen molar-refractivity contribution in [2.75, 3.05) is 22.2 Å². The van der Waals surface area contributed by atoms with Crippen molar-refractivity contribution in [3.05, 3.63) is 63.7 Å². The number of hydrogen-bond donors (Lipinski definition) is 2. The minimum absolute atomic E-state index is 0.194. The van der Waals surface area contributed by atoms with E-state index in [1.807, 2.05) is 6.26 Å². The van der Waals surface area contributed by atoms with Crippen LogP contribution in [0.3, 0.4) is 0 Å². The summed E-state index contributed by atoms with van der Waals surface area (Å²) in [4.78, 5) is 52.8. The minimum atomic E-state index is -1.36. The van der Waals surface area contributed by atoms with Crippen molar-refractivity contribution in [2.45, 2.75) is 24.9 Å². The molecule has 4 atom stereocenters. The van der Waals surface area contributed by atoms with E-state index < -0.39 is 34.1 Å². The molecule has 0 aliphatic carbocycles. The molecule has 9 nitrogen and oxygen atoms in total. The number of carbonyl (C=O) groups excluding carboxylic acids is 3. The summed E-state index contributed by atoms with van der Waals surface area (Å²) < 4.78 is 0. The summed E-state index contributed by atoms with van der Waals surface area (Å²) in [5, 5.41) is 17.6. The van der Waals surface area contributed by atoms with Crippen LogP contribution in [0.25, 0.3) is 0 Å². The predicted molar refractivity (Wildman–Crippen MR) is 124 cm³/mol. The molecule has 3 aliphatic rings. The zero-order valence-electron chi connectivity index (χ0n) is 18.0. The van der Waals surface area contributed by atoms with Gasteiger partial charge in [0.1, 0.15) is 5.54 Å². The first-order chi connectivity index (χ1) is 15.8. The number of carbonyl (C=O) groups is 3. The number of fused-ring (bicyclic) bond motifs is 4. The first-order valence-electron chi connectivity index (χ1n) is 10.6. The Hall–Kier alpha value is -3.24. The van der Waals surface area contributed by atoms with Crippen molar-refractivity contribution >= 4 is 46.5 Å². The van der Waals surface area contributed by atoms with Crippen LogP contribution in [0.5, 0.6) is 0 Å². The maximum Gasteiger partial charge on any atom is 0.271 e. The van der Waals surface area contributed by atoms with E-state index in [0.717, 1.165) is 10.7 Å². The average Bonchev–Trinajstić information content (AvgIpc) is 3.37. The second-order valence-electron chi connectivity index (χ2n) is 8.58. The van der Waals surface area contributed by atoms with Gasteiger partial charge in [-0.05, 0) is 37.0 Å². The highest BCUT2D eigenvalue weighted by molar-refractivity contribution is 7.98. The molecule has 3 aliphatic heterocycles. The van der Waals surface area contributed by atoms with Gasteiger partial charge in [-0.25, -0.2) is 4.90 Å². The summed E-state index contributed by atoms with van der Waals surface area (Å²) >= 11 is 1.62. The molecule has 0 aromatic heterocycles.